The van der Waals surface area contributed by atoms with Gasteiger partial charge < -0.3 is 10.0 Å². The van der Waals surface area contributed by atoms with Gasteiger partial charge in [0, 0.05) is 19.2 Å². The fraction of sp³-hybridized carbons (Fsp3) is 0.750. The number of fused-ring (bicyclic) bond motifs is 2. The van der Waals surface area contributed by atoms with Crippen LogP contribution in [-0.4, -0.2) is 36.1 Å². The summed E-state index contributed by atoms with van der Waals surface area (Å²) in [5, 5.41) is 8.89. The molecule has 1 saturated carbocycles. The highest BCUT2D eigenvalue weighted by molar-refractivity contribution is 5.81. The summed E-state index contributed by atoms with van der Waals surface area (Å²) in [6.07, 6.45) is 6.32. The first-order chi connectivity index (χ1) is 7.16. The van der Waals surface area contributed by atoms with Crippen LogP contribution in [-0.2, 0) is 4.79 Å². The molecule has 2 atom stereocenters. The van der Waals surface area contributed by atoms with Crippen LogP contribution in [0.25, 0.3) is 0 Å². The highest BCUT2D eigenvalue weighted by atomic mass is 16.4. The van der Waals surface area contributed by atoms with Crippen molar-refractivity contribution >= 4 is 5.97 Å². The van der Waals surface area contributed by atoms with Crippen LogP contribution in [0, 0.1) is 11.8 Å². The number of rotatable bonds is 1. The minimum Gasteiger partial charge on any atom is -0.478 e. The molecule has 0 aromatic heterocycles. The van der Waals surface area contributed by atoms with Crippen molar-refractivity contribution in [1.29, 1.82) is 0 Å². The van der Waals surface area contributed by atoms with Crippen molar-refractivity contribution in [2.75, 3.05) is 20.1 Å². The third-order valence-electron chi connectivity index (χ3n) is 3.65. The first kappa shape index (κ1) is 10.7. The van der Waals surface area contributed by atoms with Crippen LogP contribution in [0.4, 0.5) is 0 Å². The van der Waals surface area contributed by atoms with E-state index >= 15 is 0 Å². The monoisotopic (exact) mass is 209 g/mol. The molecule has 0 spiro atoms. The Balaban J connectivity index is 2.24. The topological polar surface area (TPSA) is 40.5 Å². The van der Waals surface area contributed by atoms with E-state index in [4.69, 9.17) is 5.11 Å². The van der Waals surface area contributed by atoms with Crippen molar-refractivity contribution in [3.63, 3.8) is 0 Å². The summed E-state index contributed by atoms with van der Waals surface area (Å²) in [5.74, 6) is 0.214. The van der Waals surface area contributed by atoms with E-state index in [1.54, 1.807) is 0 Å². The minimum absolute atomic E-state index is 0.493. The summed E-state index contributed by atoms with van der Waals surface area (Å²) in [6.45, 7) is 2.07. The summed E-state index contributed by atoms with van der Waals surface area (Å²) in [7, 11) is 2.14. The second-order valence-corrected chi connectivity index (χ2v) is 4.88. The summed E-state index contributed by atoms with van der Waals surface area (Å²) >= 11 is 0. The molecule has 1 heterocycles. The molecule has 2 unspecified atom stereocenters. The first-order valence-corrected chi connectivity index (χ1v) is 5.80. The van der Waals surface area contributed by atoms with Crippen molar-refractivity contribution in [2.45, 2.75) is 25.7 Å². The summed E-state index contributed by atoms with van der Waals surface area (Å²) in [4.78, 5) is 13.1. The van der Waals surface area contributed by atoms with Crippen molar-refractivity contribution in [3.8, 4) is 0 Å². The minimum atomic E-state index is -0.772. The fourth-order valence-electron chi connectivity index (χ4n) is 3.05. The summed E-state index contributed by atoms with van der Waals surface area (Å²) < 4.78 is 0. The Kier molecular flexibility index (Phi) is 3.10. The number of aliphatic carboxylic acids is 1. The van der Waals surface area contributed by atoms with Gasteiger partial charge in [-0.2, -0.15) is 0 Å². The predicted molar refractivity (Wildman–Crippen MR) is 58.7 cm³/mol. The molecule has 1 aliphatic heterocycles. The average Bonchev–Trinajstić information content (AvgIpc) is 2.29. The lowest BCUT2D eigenvalue weighted by Gasteiger charge is -2.36. The van der Waals surface area contributed by atoms with Gasteiger partial charge in [0.05, 0.1) is 0 Å². The van der Waals surface area contributed by atoms with Crippen molar-refractivity contribution in [3.05, 3.63) is 11.6 Å². The lowest BCUT2D eigenvalue weighted by atomic mass is 9.82. The van der Waals surface area contributed by atoms with Gasteiger partial charge in [-0.3, -0.25) is 0 Å². The van der Waals surface area contributed by atoms with Crippen LogP contribution in [0.15, 0.2) is 11.6 Å². The van der Waals surface area contributed by atoms with Gasteiger partial charge in [0.2, 0.25) is 0 Å². The molecule has 0 aromatic carbocycles. The van der Waals surface area contributed by atoms with Gasteiger partial charge in [-0.25, -0.2) is 4.79 Å². The molecule has 2 bridgehead atoms. The number of hydrogen-bond acceptors (Lipinski definition) is 2. The highest BCUT2D eigenvalue weighted by Gasteiger charge is 2.32. The van der Waals surface area contributed by atoms with Crippen molar-refractivity contribution in [1.82, 2.24) is 4.90 Å². The zero-order valence-electron chi connectivity index (χ0n) is 9.28. The predicted octanol–water partition coefficient (Wildman–Crippen LogP) is 1.75. The number of nitrogens with zero attached hydrogens (tertiary/aromatic N) is 1. The van der Waals surface area contributed by atoms with E-state index in [1.807, 2.05) is 0 Å². The maximum Gasteiger partial charge on any atom is 0.328 e. The van der Waals surface area contributed by atoms with E-state index in [0.717, 1.165) is 13.1 Å². The average molecular weight is 209 g/mol. The molecule has 0 radical (unpaired) electrons. The molecule has 2 fully saturated rings. The molecule has 2 aliphatic rings. The summed E-state index contributed by atoms with van der Waals surface area (Å²) in [6, 6.07) is 0. The number of hydrogen-bond donors (Lipinski definition) is 1. The Morgan fingerprint density at radius 1 is 1.33 bits per heavy atom. The Morgan fingerprint density at radius 3 is 2.33 bits per heavy atom. The van der Waals surface area contributed by atoms with Gasteiger partial charge in [-0.15, -0.1) is 0 Å². The number of carboxylic acid groups (broad SMARTS) is 1. The zero-order chi connectivity index (χ0) is 10.8. The second-order valence-electron chi connectivity index (χ2n) is 4.88. The smallest absolute Gasteiger partial charge is 0.328 e. The van der Waals surface area contributed by atoms with Crippen LogP contribution < -0.4 is 0 Å². The van der Waals surface area contributed by atoms with Crippen LogP contribution in [0.5, 0.6) is 0 Å². The third-order valence-corrected chi connectivity index (χ3v) is 3.65. The molecule has 0 aromatic rings. The lowest BCUT2D eigenvalue weighted by Crippen LogP contribution is -2.39. The van der Waals surface area contributed by atoms with E-state index in [1.165, 1.54) is 37.3 Å². The van der Waals surface area contributed by atoms with E-state index in [9.17, 15) is 4.79 Å². The Bertz CT molecular complexity index is 267. The zero-order valence-corrected chi connectivity index (χ0v) is 9.28. The van der Waals surface area contributed by atoms with Crippen LogP contribution in [0.3, 0.4) is 0 Å². The molecule has 1 N–H and O–H groups in total. The normalized spacial score (nSPS) is 32.2. The van der Waals surface area contributed by atoms with Gasteiger partial charge in [0.1, 0.15) is 0 Å². The molecule has 3 heteroatoms. The summed E-state index contributed by atoms with van der Waals surface area (Å²) in [5.41, 5.74) is 1.21. The Morgan fingerprint density at radius 2 is 1.87 bits per heavy atom. The first-order valence-electron chi connectivity index (χ1n) is 5.80. The Hall–Kier alpha value is -0.830. The second kappa shape index (κ2) is 4.35. The van der Waals surface area contributed by atoms with Gasteiger partial charge >= 0.3 is 5.97 Å². The number of likely N-dealkylation sites (tertiary alicyclic amines) is 1. The maximum absolute atomic E-state index is 10.8. The molecule has 84 valence electrons. The van der Waals surface area contributed by atoms with Crippen molar-refractivity contribution < 1.29 is 9.90 Å². The van der Waals surface area contributed by atoms with E-state index in [-0.39, 0.29) is 0 Å². The van der Waals surface area contributed by atoms with Crippen LogP contribution in [0.2, 0.25) is 0 Å². The van der Waals surface area contributed by atoms with Crippen molar-refractivity contribution in [2.24, 2.45) is 11.8 Å². The quantitative estimate of drug-likeness (QED) is 0.669. The van der Waals surface area contributed by atoms with Gasteiger partial charge in [0.15, 0.2) is 0 Å². The fourth-order valence-corrected chi connectivity index (χ4v) is 3.05. The standard InChI is InChI=1S/C12H19NO2/c1-13-7-9-4-2-3-5-10(8-13)11(9)6-12(14)15/h6,9-10H,2-5,7-8H2,1H3,(H,14,15). The maximum atomic E-state index is 10.8. The lowest BCUT2D eigenvalue weighted by molar-refractivity contribution is -0.131. The largest absolute Gasteiger partial charge is 0.478 e. The van der Waals surface area contributed by atoms with Gasteiger partial charge in [0.25, 0.3) is 0 Å². The number of carboxylic acids is 1. The molecular formula is C12H19NO2. The third kappa shape index (κ3) is 2.40. The molecule has 3 nitrogen and oxygen atoms in total. The molecule has 1 aliphatic carbocycles. The molecule has 2 rings (SSSR count). The molecule has 15 heavy (non-hydrogen) atoms. The molecule has 0 amide bonds. The highest BCUT2D eigenvalue weighted by Crippen LogP contribution is 2.37. The number of carbonyl (C=O) groups is 1. The molecule has 1 saturated heterocycles. The van der Waals surface area contributed by atoms with E-state index in [2.05, 4.69) is 11.9 Å². The molecular weight excluding hydrogens is 190 g/mol. The van der Waals surface area contributed by atoms with E-state index in [0.29, 0.717) is 11.8 Å². The van der Waals surface area contributed by atoms with Gasteiger partial charge in [-0.1, -0.05) is 18.4 Å². The number of piperidine rings is 1. The van der Waals surface area contributed by atoms with Crippen LogP contribution in [0.1, 0.15) is 25.7 Å². The Labute approximate surface area is 90.8 Å². The van der Waals surface area contributed by atoms with E-state index < -0.39 is 5.97 Å². The van der Waals surface area contributed by atoms with Gasteiger partial charge in [-0.05, 0) is 31.7 Å². The SMILES string of the molecule is CN1CC2CCCCC(C1)C2=CC(=O)O. The van der Waals surface area contributed by atoms with Crippen LogP contribution >= 0.6 is 0 Å².